The molecule has 0 unspecified atom stereocenters. The van der Waals surface area contributed by atoms with Crippen LogP contribution in [0.5, 0.6) is 0 Å². The minimum atomic E-state index is -0.405. The first-order valence-electron chi connectivity index (χ1n) is 7.53. The van der Waals surface area contributed by atoms with Crippen LogP contribution in [0.4, 0.5) is 0 Å². The molecule has 1 aromatic heterocycles. The summed E-state index contributed by atoms with van der Waals surface area (Å²) in [7, 11) is 1.73. The molecule has 20 heavy (non-hydrogen) atoms. The van der Waals surface area contributed by atoms with E-state index in [2.05, 4.69) is 17.2 Å². The highest BCUT2D eigenvalue weighted by molar-refractivity contribution is 5.22. The highest BCUT2D eigenvalue weighted by Crippen LogP contribution is 2.40. The summed E-state index contributed by atoms with van der Waals surface area (Å²) < 4.78 is 5.81. The van der Waals surface area contributed by atoms with E-state index in [0.29, 0.717) is 6.54 Å². The first-order chi connectivity index (χ1) is 9.64. The molecule has 1 aliphatic heterocycles. The van der Waals surface area contributed by atoms with Crippen LogP contribution in [0.1, 0.15) is 49.7 Å². The van der Waals surface area contributed by atoms with Gasteiger partial charge in [-0.2, -0.15) is 0 Å². The number of hydrogen-bond donors (Lipinski definition) is 2. The highest BCUT2D eigenvalue weighted by Gasteiger charge is 2.38. The van der Waals surface area contributed by atoms with Crippen molar-refractivity contribution >= 4 is 0 Å². The average Bonchev–Trinajstić information content (AvgIpc) is 2.48. The van der Waals surface area contributed by atoms with Crippen LogP contribution in [0.15, 0.2) is 4.79 Å². The minimum Gasteiger partial charge on any atom is -0.370 e. The Hall–Kier alpha value is -1.20. The summed E-state index contributed by atoms with van der Waals surface area (Å²) in [5.41, 5.74) is 1.34. The second-order valence-electron chi connectivity index (χ2n) is 6.15. The number of aromatic nitrogens is 2. The lowest BCUT2D eigenvalue weighted by molar-refractivity contribution is -0.0601. The van der Waals surface area contributed by atoms with E-state index in [9.17, 15) is 4.79 Å². The van der Waals surface area contributed by atoms with Crippen molar-refractivity contribution in [2.75, 3.05) is 13.7 Å². The summed E-state index contributed by atoms with van der Waals surface area (Å²) >= 11 is 0. The summed E-state index contributed by atoms with van der Waals surface area (Å²) in [4.78, 5) is 20.0. The summed E-state index contributed by atoms with van der Waals surface area (Å²) in [6.07, 6.45) is 4.86. The van der Waals surface area contributed by atoms with Crippen LogP contribution in [0.25, 0.3) is 0 Å². The first-order valence-corrected chi connectivity index (χ1v) is 7.53. The zero-order valence-electron chi connectivity index (χ0n) is 12.3. The van der Waals surface area contributed by atoms with Gasteiger partial charge in [0, 0.05) is 19.2 Å². The largest absolute Gasteiger partial charge is 0.370 e. The van der Waals surface area contributed by atoms with Crippen molar-refractivity contribution in [2.24, 2.45) is 5.92 Å². The first kappa shape index (κ1) is 13.8. The Morgan fingerprint density at radius 3 is 2.80 bits per heavy atom. The molecule has 2 N–H and O–H groups in total. The molecule has 0 atom stereocenters. The van der Waals surface area contributed by atoms with Gasteiger partial charge in [-0.05, 0) is 44.6 Å². The Kier molecular flexibility index (Phi) is 3.65. The van der Waals surface area contributed by atoms with Crippen LogP contribution >= 0.6 is 0 Å². The summed E-state index contributed by atoms with van der Waals surface area (Å²) in [5, 5.41) is 3.28. The molecule has 3 rings (SSSR count). The third-order valence-corrected chi connectivity index (χ3v) is 4.85. The van der Waals surface area contributed by atoms with Crippen LogP contribution < -0.4 is 10.9 Å². The zero-order chi connectivity index (χ0) is 14.2. The predicted octanol–water partition coefficient (Wildman–Crippen LogP) is 1.47. The molecule has 0 spiro atoms. The number of nitrogens with zero attached hydrogens (tertiary/aromatic N) is 1. The number of nitrogens with one attached hydrogen (secondary N) is 2. The average molecular weight is 277 g/mol. The van der Waals surface area contributed by atoms with Crippen LogP contribution in [0, 0.1) is 5.92 Å². The van der Waals surface area contributed by atoms with Gasteiger partial charge in [0.05, 0.1) is 5.69 Å². The molecule has 2 heterocycles. The molecule has 0 radical (unpaired) electrons. The van der Waals surface area contributed by atoms with Crippen LogP contribution in [-0.4, -0.2) is 23.6 Å². The lowest BCUT2D eigenvalue weighted by atomic mass is 9.79. The third-order valence-electron chi connectivity index (χ3n) is 4.85. The summed E-state index contributed by atoms with van der Waals surface area (Å²) in [5.74, 6) is 1.45. The van der Waals surface area contributed by atoms with Crippen molar-refractivity contribution in [2.45, 2.75) is 51.2 Å². The molecule has 110 valence electrons. The fraction of sp³-hybridized carbons (Fsp3) is 0.733. The molecule has 0 amide bonds. The Bertz CT molecular complexity index is 545. The molecule has 5 heteroatoms. The van der Waals surface area contributed by atoms with E-state index in [0.717, 1.165) is 61.6 Å². The Morgan fingerprint density at radius 2 is 2.10 bits per heavy atom. The van der Waals surface area contributed by atoms with Gasteiger partial charge >= 0.3 is 0 Å². The van der Waals surface area contributed by atoms with Crippen molar-refractivity contribution in [3.63, 3.8) is 0 Å². The number of hydrogen-bond acceptors (Lipinski definition) is 4. The fourth-order valence-corrected chi connectivity index (χ4v) is 3.35. The Morgan fingerprint density at radius 1 is 1.35 bits per heavy atom. The van der Waals surface area contributed by atoms with Crippen molar-refractivity contribution < 1.29 is 4.74 Å². The quantitative estimate of drug-likeness (QED) is 0.859. The van der Waals surface area contributed by atoms with Gasteiger partial charge in [0.25, 0.3) is 5.56 Å². The van der Waals surface area contributed by atoms with Gasteiger partial charge in [0.1, 0.15) is 11.4 Å². The molecular weight excluding hydrogens is 254 g/mol. The van der Waals surface area contributed by atoms with Crippen molar-refractivity contribution in [3.8, 4) is 0 Å². The molecule has 0 saturated heterocycles. The van der Waals surface area contributed by atoms with Gasteiger partial charge in [0.15, 0.2) is 0 Å². The number of H-pyrrole nitrogens is 1. The van der Waals surface area contributed by atoms with E-state index in [-0.39, 0.29) is 5.56 Å². The van der Waals surface area contributed by atoms with Gasteiger partial charge in [-0.15, -0.1) is 0 Å². The van der Waals surface area contributed by atoms with E-state index in [4.69, 9.17) is 9.72 Å². The molecule has 1 aromatic rings. The standard InChI is InChI=1S/C15H23N3O2/c1-10-3-6-15(20-2,7-4-10)14-17-12-9-16-8-5-11(12)13(19)18-14/h10,16H,3-9H2,1-2H3,(H,17,18,19). The number of aromatic amines is 1. The van der Waals surface area contributed by atoms with E-state index < -0.39 is 5.60 Å². The zero-order valence-corrected chi connectivity index (χ0v) is 12.3. The van der Waals surface area contributed by atoms with Crippen molar-refractivity contribution in [3.05, 3.63) is 27.4 Å². The normalized spacial score (nSPS) is 30.0. The number of fused-ring (bicyclic) bond motifs is 1. The van der Waals surface area contributed by atoms with E-state index in [1.807, 2.05) is 0 Å². The lowest BCUT2D eigenvalue weighted by Gasteiger charge is -2.37. The van der Waals surface area contributed by atoms with E-state index >= 15 is 0 Å². The second kappa shape index (κ2) is 5.30. The van der Waals surface area contributed by atoms with Crippen LogP contribution in [0.3, 0.4) is 0 Å². The topological polar surface area (TPSA) is 67.0 Å². The molecule has 5 nitrogen and oxygen atoms in total. The van der Waals surface area contributed by atoms with Crippen LogP contribution in [-0.2, 0) is 23.3 Å². The SMILES string of the molecule is COC1(c2nc3c(c(=O)[nH]2)CCNC3)CCC(C)CC1. The maximum Gasteiger partial charge on any atom is 0.254 e. The lowest BCUT2D eigenvalue weighted by Crippen LogP contribution is -2.39. The van der Waals surface area contributed by atoms with E-state index in [1.165, 1.54) is 0 Å². The monoisotopic (exact) mass is 277 g/mol. The smallest absolute Gasteiger partial charge is 0.254 e. The van der Waals surface area contributed by atoms with Gasteiger partial charge in [-0.1, -0.05) is 6.92 Å². The molecule has 0 bridgehead atoms. The van der Waals surface area contributed by atoms with Gasteiger partial charge in [-0.3, -0.25) is 4.79 Å². The maximum atomic E-state index is 12.3. The number of rotatable bonds is 2. The summed E-state index contributed by atoms with van der Waals surface area (Å²) in [6, 6.07) is 0. The Labute approximate surface area is 119 Å². The van der Waals surface area contributed by atoms with Gasteiger partial charge < -0.3 is 15.0 Å². The molecule has 1 saturated carbocycles. The number of methoxy groups -OCH3 is 1. The maximum absolute atomic E-state index is 12.3. The number of ether oxygens (including phenoxy) is 1. The second-order valence-corrected chi connectivity index (χ2v) is 6.15. The minimum absolute atomic E-state index is 0.0153. The van der Waals surface area contributed by atoms with E-state index in [1.54, 1.807) is 7.11 Å². The molecule has 1 fully saturated rings. The molecule has 2 aliphatic rings. The van der Waals surface area contributed by atoms with Gasteiger partial charge in [-0.25, -0.2) is 4.98 Å². The van der Waals surface area contributed by atoms with Gasteiger partial charge in [0.2, 0.25) is 0 Å². The third kappa shape index (κ3) is 2.29. The molecule has 1 aliphatic carbocycles. The highest BCUT2D eigenvalue weighted by atomic mass is 16.5. The van der Waals surface area contributed by atoms with Crippen molar-refractivity contribution in [1.29, 1.82) is 0 Å². The molecular formula is C15H23N3O2. The summed E-state index contributed by atoms with van der Waals surface area (Å²) in [6.45, 7) is 3.80. The van der Waals surface area contributed by atoms with Crippen LogP contribution in [0.2, 0.25) is 0 Å². The fourth-order valence-electron chi connectivity index (χ4n) is 3.35. The van der Waals surface area contributed by atoms with Crippen molar-refractivity contribution in [1.82, 2.24) is 15.3 Å². The Balaban J connectivity index is 2.00. The predicted molar refractivity (Wildman–Crippen MR) is 76.6 cm³/mol. The molecule has 0 aromatic carbocycles.